The topological polar surface area (TPSA) is 74.7 Å². The third kappa shape index (κ3) is 2.40. The van der Waals surface area contributed by atoms with Crippen LogP contribution in [0.25, 0.3) is 0 Å². The summed E-state index contributed by atoms with van der Waals surface area (Å²) in [5.74, 6) is -1.28. The largest absolute Gasteiger partial charge is 0.481 e. The van der Waals surface area contributed by atoms with Gasteiger partial charge in [0.25, 0.3) is 0 Å². The van der Waals surface area contributed by atoms with Gasteiger partial charge in [-0.2, -0.15) is 4.31 Å². The van der Waals surface area contributed by atoms with Crippen molar-refractivity contribution in [1.29, 1.82) is 0 Å². The predicted molar refractivity (Wildman–Crippen MR) is 80.2 cm³/mol. The molecule has 21 heavy (non-hydrogen) atoms. The smallest absolute Gasteiger partial charge is 0.306 e. The molecule has 0 amide bonds. The second-order valence-electron chi connectivity index (χ2n) is 5.77. The summed E-state index contributed by atoms with van der Waals surface area (Å²) in [4.78, 5) is 11.4. The molecular formula is C13H16ClNO4S2. The van der Waals surface area contributed by atoms with Crippen LogP contribution in [0.15, 0.2) is 15.7 Å². The maximum Gasteiger partial charge on any atom is 0.306 e. The molecule has 1 aromatic heterocycles. The SMILES string of the molecule is O=C(O)C1CCN(S(=O)(=O)c2cscc2Cl)C2(CCC2)C1. The van der Waals surface area contributed by atoms with E-state index >= 15 is 0 Å². The van der Waals surface area contributed by atoms with Crippen LogP contribution in [0.5, 0.6) is 0 Å². The van der Waals surface area contributed by atoms with Gasteiger partial charge in [-0.1, -0.05) is 11.6 Å². The highest BCUT2D eigenvalue weighted by Gasteiger charge is 2.53. The molecule has 0 radical (unpaired) electrons. The minimum atomic E-state index is -3.65. The van der Waals surface area contributed by atoms with Crippen molar-refractivity contribution in [3.8, 4) is 0 Å². The Bertz CT molecular complexity index is 665. The van der Waals surface area contributed by atoms with Crippen molar-refractivity contribution in [3.63, 3.8) is 0 Å². The van der Waals surface area contributed by atoms with Gasteiger partial charge < -0.3 is 5.11 Å². The molecule has 116 valence electrons. The van der Waals surface area contributed by atoms with Crippen molar-refractivity contribution in [2.45, 2.75) is 42.5 Å². The molecule has 1 aliphatic heterocycles. The van der Waals surface area contributed by atoms with Gasteiger partial charge in [0.2, 0.25) is 10.0 Å². The molecule has 1 aromatic rings. The van der Waals surface area contributed by atoms with E-state index in [2.05, 4.69) is 0 Å². The number of carboxylic acid groups (broad SMARTS) is 1. The molecule has 0 bridgehead atoms. The van der Waals surface area contributed by atoms with Gasteiger partial charge in [-0.05, 0) is 32.1 Å². The lowest BCUT2D eigenvalue weighted by atomic mass is 9.68. The first kappa shape index (κ1) is 15.3. The van der Waals surface area contributed by atoms with Crippen LogP contribution in [0.4, 0.5) is 0 Å². The standard InChI is InChI=1S/C13H16ClNO4S2/c14-10-7-20-8-11(10)21(18,19)15-5-2-9(12(16)17)6-13(15)3-1-4-13/h7-9H,1-6H2,(H,16,17). The second kappa shape index (κ2) is 5.22. The third-order valence-electron chi connectivity index (χ3n) is 4.62. The maximum absolute atomic E-state index is 12.9. The molecule has 1 saturated heterocycles. The average Bonchev–Trinajstić information content (AvgIpc) is 2.83. The van der Waals surface area contributed by atoms with Gasteiger partial charge in [0, 0.05) is 22.8 Å². The first-order valence-corrected chi connectivity index (χ1v) is 9.60. The first-order valence-electron chi connectivity index (χ1n) is 6.84. The van der Waals surface area contributed by atoms with E-state index in [1.54, 1.807) is 10.8 Å². The van der Waals surface area contributed by atoms with E-state index in [1.165, 1.54) is 15.6 Å². The van der Waals surface area contributed by atoms with E-state index in [0.717, 1.165) is 19.3 Å². The zero-order valence-electron chi connectivity index (χ0n) is 11.3. The van der Waals surface area contributed by atoms with Gasteiger partial charge in [-0.3, -0.25) is 4.79 Å². The number of aliphatic carboxylic acids is 1. The first-order chi connectivity index (χ1) is 9.87. The summed E-state index contributed by atoms with van der Waals surface area (Å²) in [5.41, 5.74) is -0.522. The molecule has 0 aromatic carbocycles. The van der Waals surface area contributed by atoms with Gasteiger partial charge in [0.15, 0.2) is 0 Å². The molecule has 2 fully saturated rings. The molecule has 1 atom stereocenters. The summed E-state index contributed by atoms with van der Waals surface area (Å²) < 4.78 is 27.2. The van der Waals surface area contributed by atoms with Crippen LogP contribution in [-0.4, -0.2) is 35.9 Å². The number of hydrogen-bond acceptors (Lipinski definition) is 4. The molecule has 1 unspecified atom stereocenters. The fraction of sp³-hybridized carbons (Fsp3) is 0.615. The zero-order valence-corrected chi connectivity index (χ0v) is 13.7. The number of rotatable bonds is 3. The van der Waals surface area contributed by atoms with Crippen LogP contribution in [0.1, 0.15) is 32.1 Å². The quantitative estimate of drug-likeness (QED) is 0.910. The monoisotopic (exact) mass is 349 g/mol. The lowest BCUT2D eigenvalue weighted by Gasteiger charge is -2.53. The number of hydrogen-bond donors (Lipinski definition) is 1. The Morgan fingerprint density at radius 2 is 2.14 bits per heavy atom. The molecule has 1 aliphatic carbocycles. The van der Waals surface area contributed by atoms with E-state index in [1.807, 2.05) is 0 Å². The van der Waals surface area contributed by atoms with Gasteiger partial charge in [0.1, 0.15) is 4.90 Å². The van der Waals surface area contributed by atoms with Crippen LogP contribution >= 0.6 is 22.9 Å². The number of carbonyl (C=O) groups is 1. The van der Waals surface area contributed by atoms with E-state index in [4.69, 9.17) is 11.6 Å². The Morgan fingerprint density at radius 3 is 2.62 bits per heavy atom. The average molecular weight is 350 g/mol. The summed E-state index contributed by atoms with van der Waals surface area (Å²) >= 11 is 7.24. The molecule has 1 N–H and O–H groups in total. The summed E-state index contributed by atoms with van der Waals surface area (Å²) in [7, 11) is -3.65. The van der Waals surface area contributed by atoms with E-state index in [-0.39, 0.29) is 16.5 Å². The van der Waals surface area contributed by atoms with Gasteiger partial charge in [0.05, 0.1) is 10.9 Å². The van der Waals surface area contributed by atoms with E-state index < -0.39 is 27.4 Å². The molecule has 3 rings (SSSR count). The van der Waals surface area contributed by atoms with E-state index in [0.29, 0.717) is 12.8 Å². The molecule has 1 saturated carbocycles. The Hall–Kier alpha value is -0.630. The van der Waals surface area contributed by atoms with Crippen molar-refractivity contribution in [2.24, 2.45) is 5.92 Å². The molecule has 1 spiro atoms. The Balaban J connectivity index is 1.95. The number of sulfonamides is 1. The Morgan fingerprint density at radius 1 is 1.43 bits per heavy atom. The molecule has 5 nitrogen and oxygen atoms in total. The van der Waals surface area contributed by atoms with Crippen LogP contribution in [-0.2, 0) is 14.8 Å². The summed E-state index contributed by atoms with van der Waals surface area (Å²) in [6, 6.07) is 0. The Kier molecular flexibility index (Phi) is 3.80. The molecule has 2 heterocycles. The van der Waals surface area contributed by atoms with Crippen LogP contribution in [0, 0.1) is 5.92 Å². The van der Waals surface area contributed by atoms with Crippen molar-refractivity contribution < 1.29 is 18.3 Å². The van der Waals surface area contributed by atoms with Gasteiger partial charge >= 0.3 is 5.97 Å². The number of piperidine rings is 1. The van der Waals surface area contributed by atoms with Gasteiger partial charge in [-0.25, -0.2) is 8.42 Å². The Labute approximate surface area is 132 Å². The van der Waals surface area contributed by atoms with Crippen molar-refractivity contribution in [1.82, 2.24) is 4.31 Å². The predicted octanol–water partition coefficient (Wildman–Crippen LogP) is 2.81. The summed E-state index contributed by atoms with van der Waals surface area (Å²) in [5, 5.41) is 12.6. The molecule has 8 heteroatoms. The lowest BCUT2D eigenvalue weighted by molar-refractivity contribution is -0.146. The third-order valence-corrected chi connectivity index (χ3v) is 8.11. The van der Waals surface area contributed by atoms with Crippen molar-refractivity contribution in [2.75, 3.05) is 6.54 Å². The minimum Gasteiger partial charge on any atom is -0.481 e. The number of carboxylic acids is 1. The number of thiophene rings is 1. The highest BCUT2D eigenvalue weighted by molar-refractivity contribution is 7.89. The number of halogens is 1. The second-order valence-corrected chi connectivity index (χ2v) is 8.75. The summed E-state index contributed by atoms with van der Waals surface area (Å²) in [6.45, 7) is 0.255. The highest BCUT2D eigenvalue weighted by Crippen LogP contribution is 2.49. The summed E-state index contributed by atoms with van der Waals surface area (Å²) in [6.07, 6.45) is 3.17. The van der Waals surface area contributed by atoms with Gasteiger partial charge in [-0.15, -0.1) is 11.3 Å². The molecule has 2 aliphatic rings. The van der Waals surface area contributed by atoms with Crippen LogP contribution in [0.2, 0.25) is 5.02 Å². The van der Waals surface area contributed by atoms with Crippen LogP contribution in [0.3, 0.4) is 0 Å². The maximum atomic E-state index is 12.9. The fourth-order valence-electron chi connectivity index (χ4n) is 3.37. The minimum absolute atomic E-state index is 0.147. The van der Waals surface area contributed by atoms with E-state index in [9.17, 15) is 18.3 Å². The molecular weight excluding hydrogens is 334 g/mol. The van der Waals surface area contributed by atoms with Crippen molar-refractivity contribution >= 4 is 38.9 Å². The zero-order chi connectivity index (χ0) is 15.3. The highest BCUT2D eigenvalue weighted by atomic mass is 35.5. The number of nitrogens with zero attached hydrogens (tertiary/aromatic N) is 1. The van der Waals surface area contributed by atoms with Crippen LogP contribution < -0.4 is 0 Å². The lowest BCUT2D eigenvalue weighted by Crippen LogP contribution is -2.60. The van der Waals surface area contributed by atoms with Crippen molar-refractivity contribution in [3.05, 3.63) is 15.8 Å². The normalized spacial score (nSPS) is 25.7. The fourth-order valence-corrected chi connectivity index (χ4v) is 6.88.